The van der Waals surface area contributed by atoms with E-state index < -0.39 is 0 Å². The third-order valence-corrected chi connectivity index (χ3v) is 6.05. The van der Waals surface area contributed by atoms with Crippen LogP contribution in [0.3, 0.4) is 0 Å². The van der Waals surface area contributed by atoms with E-state index in [-0.39, 0.29) is 12.1 Å². The third-order valence-electron chi connectivity index (χ3n) is 6.05. The van der Waals surface area contributed by atoms with Gasteiger partial charge in [-0.2, -0.15) is 0 Å². The van der Waals surface area contributed by atoms with Gasteiger partial charge in [-0.1, -0.05) is 51.4 Å². The smallest absolute Gasteiger partial charge is 0.410 e. The van der Waals surface area contributed by atoms with Crippen LogP contribution in [0.15, 0.2) is 4.42 Å². The van der Waals surface area contributed by atoms with Gasteiger partial charge in [-0.15, -0.1) is 0 Å². The molecule has 2 saturated carbocycles. The van der Waals surface area contributed by atoms with Crippen molar-refractivity contribution in [2.45, 2.75) is 97.1 Å². The number of carbonyl (C=O) groups excluding carboxylic acids is 1. The zero-order valence-corrected chi connectivity index (χ0v) is 16.5. The first-order valence-electron chi connectivity index (χ1n) is 10.5. The van der Waals surface area contributed by atoms with Crippen LogP contribution in [-0.4, -0.2) is 28.6 Å². The standard InChI is InChI=1S/C21H34N2O3/c1-16-20(22-17(2)26-16)15-23(19-11-7-4-8-12-19)21(24)25-14-13-18-9-5-3-6-10-18/h18-19H,3-15H2,1-2H3. The Labute approximate surface area is 157 Å². The molecule has 2 aliphatic carbocycles. The number of ether oxygens (including phenoxy) is 1. The van der Waals surface area contributed by atoms with E-state index in [9.17, 15) is 4.79 Å². The molecular formula is C21H34N2O3. The highest BCUT2D eigenvalue weighted by Crippen LogP contribution is 2.28. The van der Waals surface area contributed by atoms with Crippen LogP contribution >= 0.6 is 0 Å². The number of nitrogens with zero attached hydrogens (tertiary/aromatic N) is 2. The first kappa shape index (κ1) is 19.2. The van der Waals surface area contributed by atoms with Gasteiger partial charge in [-0.05, 0) is 32.1 Å². The highest BCUT2D eigenvalue weighted by Gasteiger charge is 2.28. The molecule has 0 spiro atoms. The van der Waals surface area contributed by atoms with E-state index in [1.54, 1.807) is 0 Å². The van der Waals surface area contributed by atoms with Crippen molar-refractivity contribution in [3.05, 3.63) is 17.3 Å². The van der Waals surface area contributed by atoms with Crippen LogP contribution in [0.25, 0.3) is 0 Å². The minimum absolute atomic E-state index is 0.173. The average Bonchev–Trinajstić information content (AvgIpc) is 2.98. The molecule has 1 aromatic rings. The lowest BCUT2D eigenvalue weighted by Crippen LogP contribution is -2.41. The quantitative estimate of drug-likeness (QED) is 0.667. The first-order valence-corrected chi connectivity index (χ1v) is 10.5. The molecule has 2 aliphatic rings. The minimum Gasteiger partial charge on any atom is -0.449 e. The van der Waals surface area contributed by atoms with Crippen molar-refractivity contribution in [2.75, 3.05) is 6.61 Å². The summed E-state index contributed by atoms with van der Waals surface area (Å²) in [5, 5.41) is 0. The largest absolute Gasteiger partial charge is 0.449 e. The Morgan fingerprint density at radius 1 is 1.08 bits per heavy atom. The van der Waals surface area contributed by atoms with E-state index in [0.717, 1.165) is 36.6 Å². The topological polar surface area (TPSA) is 55.6 Å². The lowest BCUT2D eigenvalue weighted by atomic mass is 9.87. The predicted molar refractivity (Wildman–Crippen MR) is 101 cm³/mol. The van der Waals surface area contributed by atoms with Crippen molar-refractivity contribution in [1.82, 2.24) is 9.88 Å². The fourth-order valence-corrected chi connectivity index (χ4v) is 4.49. The highest BCUT2D eigenvalue weighted by molar-refractivity contribution is 5.68. The third kappa shape index (κ3) is 5.24. The molecule has 0 aliphatic heterocycles. The molecule has 0 unspecified atom stereocenters. The maximum absolute atomic E-state index is 12.9. The molecule has 5 nitrogen and oxygen atoms in total. The van der Waals surface area contributed by atoms with Crippen molar-refractivity contribution >= 4 is 6.09 Å². The van der Waals surface area contributed by atoms with Gasteiger partial charge in [0.1, 0.15) is 11.5 Å². The van der Waals surface area contributed by atoms with E-state index in [2.05, 4.69) is 4.98 Å². The van der Waals surface area contributed by atoms with Crippen molar-refractivity contribution in [3.63, 3.8) is 0 Å². The Kier molecular flexibility index (Phi) is 6.98. The molecule has 1 amide bonds. The van der Waals surface area contributed by atoms with Crippen molar-refractivity contribution in [1.29, 1.82) is 0 Å². The van der Waals surface area contributed by atoms with Gasteiger partial charge in [0.2, 0.25) is 0 Å². The van der Waals surface area contributed by atoms with E-state index >= 15 is 0 Å². The summed E-state index contributed by atoms with van der Waals surface area (Å²) in [5.74, 6) is 2.20. The van der Waals surface area contributed by atoms with Crippen LogP contribution in [0.5, 0.6) is 0 Å². The zero-order valence-electron chi connectivity index (χ0n) is 16.5. The van der Waals surface area contributed by atoms with Gasteiger partial charge in [0.25, 0.3) is 0 Å². The van der Waals surface area contributed by atoms with Crippen molar-refractivity contribution in [2.24, 2.45) is 5.92 Å². The molecule has 3 rings (SSSR count). The van der Waals surface area contributed by atoms with E-state index in [1.165, 1.54) is 51.4 Å². The number of oxazole rings is 1. The van der Waals surface area contributed by atoms with E-state index in [0.29, 0.717) is 19.0 Å². The Hall–Kier alpha value is -1.52. The zero-order chi connectivity index (χ0) is 18.4. The van der Waals surface area contributed by atoms with Gasteiger partial charge in [0.05, 0.1) is 13.2 Å². The Balaban J connectivity index is 1.58. The lowest BCUT2D eigenvalue weighted by Gasteiger charge is -2.33. The van der Waals surface area contributed by atoms with Crippen LogP contribution in [-0.2, 0) is 11.3 Å². The van der Waals surface area contributed by atoms with Crippen LogP contribution in [0, 0.1) is 19.8 Å². The fraction of sp³-hybridized carbons (Fsp3) is 0.810. The number of aryl methyl sites for hydroxylation is 2. The van der Waals surface area contributed by atoms with E-state index in [4.69, 9.17) is 9.15 Å². The van der Waals surface area contributed by atoms with Gasteiger partial charge in [-0.25, -0.2) is 9.78 Å². The summed E-state index contributed by atoms with van der Waals surface area (Å²) < 4.78 is 11.3. The molecule has 5 heteroatoms. The van der Waals surface area contributed by atoms with Crippen LogP contribution in [0.2, 0.25) is 0 Å². The van der Waals surface area contributed by atoms with Crippen molar-refractivity contribution < 1.29 is 13.9 Å². The SMILES string of the molecule is Cc1nc(CN(C(=O)OCCC2CCCCC2)C2CCCCC2)c(C)o1. The van der Waals surface area contributed by atoms with Crippen molar-refractivity contribution in [3.8, 4) is 0 Å². The maximum Gasteiger partial charge on any atom is 0.410 e. The molecule has 2 fully saturated rings. The maximum atomic E-state index is 12.9. The predicted octanol–water partition coefficient (Wildman–Crippen LogP) is 5.53. The Bertz CT molecular complexity index is 572. The average molecular weight is 363 g/mol. The number of carbonyl (C=O) groups is 1. The summed E-state index contributed by atoms with van der Waals surface area (Å²) in [7, 11) is 0. The summed E-state index contributed by atoms with van der Waals surface area (Å²) in [6, 6.07) is 0.266. The normalized spacial score (nSPS) is 19.5. The molecule has 146 valence electrons. The number of amides is 1. The molecule has 1 aromatic heterocycles. The number of rotatable bonds is 6. The Morgan fingerprint density at radius 3 is 2.35 bits per heavy atom. The van der Waals surface area contributed by atoms with Gasteiger partial charge >= 0.3 is 6.09 Å². The highest BCUT2D eigenvalue weighted by atomic mass is 16.6. The summed E-state index contributed by atoms with van der Waals surface area (Å²) >= 11 is 0. The number of hydrogen-bond donors (Lipinski definition) is 0. The molecule has 0 radical (unpaired) electrons. The van der Waals surface area contributed by atoms with E-state index in [1.807, 2.05) is 18.7 Å². The van der Waals surface area contributed by atoms with Crippen LogP contribution < -0.4 is 0 Å². The molecule has 0 saturated heterocycles. The monoisotopic (exact) mass is 362 g/mol. The second-order valence-electron chi connectivity index (χ2n) is 8.06. The molecule has 0 N–H and O–H groups in total. The van der Waals surface area contributed by atoms with Gasteiger partial charge < -0.3 is 9.15 Å². The summed E-state index contributed by atoms with van der Waals surface area (Å²) in [6.45, 7) is 4.81. The van der Waals surface area contributed by atoms with Gasteiger partial charge in [-0.3, -0.25) is 4.90 Å². The van der Waals surface area contributed by atoms with Crippen LogP contribution in [0.1, 0.15) is 88.0 Å². The summed E-state index contributed by atoms with van der Waals surface area (Å²) in [5.41, 5.74) is 0.859. The lowest BCUT2D eigenvalue weighted by molar-refractivity contribution is 0.0673. The molecular weight excluding hydrogens is 328 g/mol. The minimum atomic E-state index is -0.173. The Morgan fingerprint density at radius 2 is 1.73 bits per heavy atom. The summed E-state index contributed by atoms with van der Waals surface area (Å²) in [4.78, 5) is 19.2. The number of hydrogen-bond acceptors (Lipinski definition) is 4. The fourth-order valence-electron chi connectivity index (χ4n) is 4.49. The molecule has 0 bridgehead atoms. The van der Waals surface area contributed by atoms with Gasteiger partial charge in [0, 0.05) is 13.0 Å². The summed E-state index contributed by atoms with van der Waals surface area (Å²) in [6.07, 6.45) is 13.2. The molecule has 0 aromatic carbocycles. The first-order chi connectivity index (χ1) is 12.6. The van der Waals surface area contributed by atoms with Gasteiger partial charge in [0.15, 0.2) is 5.89 Å². The molecule has 0 atom stereocenters. The number of aromatic nitrogens is 1. The second-order valence-corrected chi connectivity index (χ2v) is 8.06. The second kappa shape index (κ2) is 9.43. The van der Waals surface area contributed by atoms with Crippen LogP contribution in [0.4, 0.5) is 4.79 Å². The molecule has 1 heterocycles. The molecule has 26 heavy (non-hydrogen) atoms.